The van der Waals surface area contributed by atoms with E-state index >= 15 is 0 Å². The molecular formula is C17H13N5O3. The Balaban J connectivity index is 1.80. The topological polar surface area (TPSA) is 107 Å². The summed E-state index contributed by atoms with van der Waals surface area (Å²) in [7, 11) is 0. The summed E-state index contributed by atoms with van der Waals surface area (Å²) in [5, 5.41) is 27.8. The van der Waals surface area contributed by atoms with E-state index < -0.39 is 4.92 Å². The number of hydrogen-bond acceptors (Lipinski definition) is 6. The number of non-ortho nitro benzene ring substituents is 1. The zero-order valence-electron chi connectivity index (χ0n) is 13.1. The first kappa shape index (κ1) is 16.1. The largest absolute Gasteiger partial charge is 0.492 e. The molecule has 0 radical (unpaired) electrons. The predicted octanol–water partition coefficient (Wildman–Crippen LogP) is 2.80. The molecule has 124 valence electrons. The van der Waals surface area contributed by atoms with Crippen molar-refractivity contribution < 1.29 is 9.66 Å². The number of aromatic nitrogens is 3. The molecule has 0 saturated carbocycles. The highest BCUT2D eigenvalue weighted by molar-refractivity contribution is 5.66. The van der Waals surface area contributed by atoms with Gasteiger partial charge in [0.1, 0.15) is 24.1 Å². The minimum Gasteiger partial charge on any atom is -0.492 e. The number of benzene rings is 2. The van der Waals surface area contributed by atoms with E-state index in [9.17, 15) is 15.4 Å². The molecule has 0 aliphatic carbocycles. The number of nitriles is 1. The van der Waals surface area contributed by atoms with Crippen LogP contribution in [0.4, 0.5) is 5.69 Å². The summed E-state index contributed by atoms with van der Waals surface area (Å²) < 4.78 is 7.19. The maximum absolute atomic E-state index is 10.8. The SMILES string of the molecule is N#Cc1nnn(CCOc2ccccc2)c1-c1ccc([N+](=O)[O-])cc1. The van der Waals surface area contributed by atoms with Crippen LogP contribution in [0.15, 0.2) is 54.6 Å². The van der Waals surface area contributed by atoms with Crippen LogP contribution in [0.1, 0.15) is 5.69 Å². The van der Waals surface area contributed by atoms with E-state index in [0.29, 0.717) is 24.4 Å². The Bertz CT molecular complexity index is 914. The molecule has 0 fully saturated rings. The van der Waals surface area contributed by atoms with Gasteiger partial charge in [-0.05, 0) is 24.3 Å². The molecule has 0 N–H and O–H groups in total. The van der Waals surface area contributed by atoms with Crippen LogP contribution >= 0.6 is 0 Å². The third-order valence-corrected chi connectivity index (χ3v) is 3.51. The second kappa shape index (κ2) is 7.23. The second-order valence-corrected chi connectivity index (χ2v) is 5.09. The van der Waals surface area contributed by atoms with Crippen LogP contribution in [0.2, 0.25) is 0 Å². The monoisotopic (exact) mass is 335 g/mol. The molecule has 3 aromatic rings. The Kier molecular flexibility index (Phi) is 4.67. The van der Waals surface area contributed by atoms with Gasteiger partial charge in [0.25, 0.3) is 5.69 Å². The molecule has 0 saturated heterocycles. The number of rotatable bonds is 6. The van der Waals surface area contributed by atoms with Crippen molar-refractivity contribution in [1.82, 2.24) is 15.0 Å². The lowest BCUT2D eigenvalue weighted by Crippen LogP contribution is -2.11. The molecule has 0 unspecified atom stereocenters. The van der Waals surface area contributed by atoms with E-state index in [0.717, 1.165) is 5.75 Å². The highest BCUT2D eigenvalue weighted by Crippen LogP contribution is 2.24. The molecule has 0 aliphatic rings. The van der Waals surface area contributed by atoms with Crippen LogP contribution in [0.25, 0.3) is 11.3 Å². The molecule has 0 spiro atoms. The first-order valence-corrected chi connectivity index (χ1v) is 7.45. The Morgan fingerprint density at radius 3 is 2.52 bits per heavy atom. The van der Waals surface area contributed by atoms with E-state index in [-0.39, 0.29) is 11.4 Å². The minimum atomic E-state index is -0.474. The summed E-state index contributed by atoms with van der Waals surface area (Å²) in [6.45, 7) is 0.730. The lowest BCUT2D eigenvalue weighted by atomic mass is 10.1. The van der Waals surface area contributed by atoms with Gasteiger partial charge in [-0.1, -0.05) is 23.4 Å². The van der Waals surface area contributed by atoms with Gasteiger partial charge in [-0.2, -0.15) is 5.26 Å². The van der Waals surface area contributed by atoms with Crippen molar-refractivity contribution in [3.8, 4) is 23.1 Å². The molecule has 2 aromatic carbocycles. The Morgan fingerprint density at radius 1 is 1.16 bits per heavy atom. The molecular weight excluding hydrogens is 322 g/mol. The van der Waals surface area contributed by atoms with Crippen LogP contribution in [-0.2, 0) is 6.54 Å². The molecule has 0 amide bonds. The summed E-state index contributed by atoms with van der Waals surface area (Å²) in [6.07, 6.45) is 0. The van der Waals surface area contributed by atoms with Gasteiger partial charge in [-0.25, -0.2) is 4.68 Å². The Hall–Kier alpha value is -3.73. The summed E-state index contributed by atoms with van der Waals surface area (Å²) in [5.41, 5.74) is 1.28. The first-order valence-electron chi connectivity index (χ1n) is 7.45. The summed E-state index contributed by atoms with van der Waals surface area (Å²) in [5.74, 6) is 0.736. The van der Waals surface area contributed by atoms with Gasteiger partial charge >= 0.3 is 0 Å². The van der Waals surface area contributed by atoms with E-state index in [1.807, 2.05) is 36.4 Å². The molecule has 3 rings (SSSR count). The average Bonchev–Trinajstić information content (AvgIpc) is 3.05. The van der Waals surface area contributed by atoms with Crippen LogP contribution in [0.5, 0.6) is 5.75 Å². The van der Waals surface area contributed by atoms with E-state index in [1.54, 1.807) is 16.8 Å². The molecule has 1 aromatic heterocycles. The van der Waals surface area contributed by atoms with Gasteiger partial charge in [0, 0.05) is 17.7 Å². The quantitative estimate of drug-likeness (QED) is 0.506. The van der Waals surface area contributed by atoms with Crippen molar-refractivity contribution in [3.05, 3.63) is 70.4 Å². The predicted molar refractivity (Wildman–Crippen MR) is 88.8 cm³/mol. The van der Waals surface area contributed by atoms with Crippen molar-refractivity contribution in [2.75, 3.05) is 6.61 Å². The number of hydrogen-bond donors (Lipinski definition) is 0. The van der Waals surface area contributed by atoms with Crippen LogP contribution in [0.3, 0.4) is 0 Å². The zero-order valence-corrected chi connectivity index (χ0v) is 13.1. The highest BCUT2D eigenvalue weighted by atomic mass is 16.6. The first-order chi connectivity index (χ1) is 12.2. The van der Waals surface area contributed by atoms with Crippen LogP contribution < -0.4 is 4.74 Å². The molecule has 8 nitrogen and oxygen atoms in total. The Labute approximate surface area is 143 Å². The molecule has 0 atom stereocenters. The summed E-state index contributed by atoms with van der Waals surface area (Å²) in [6, 6.07) is 17.3. The van der Waals surface area contributed by atoms with Gasteiger partial charge in [0.15, 0.2) is 5.69 Å². The summed E-state index contributed by atoms with van der Waals surface area (Å²) in [4.78, 5) is 10.3. The fraction of sp³-hybridized carbons (Fsp3) is 0.118. The Morgan fingerprint density at radius 2 is 1.88 bits per heavy atom. The lowest BCUT2D eigenvalue weighted by Gasteiger charge is -2.08. The number of nitro benzene ring substituents is 1. The average molecular weight is 335 g/mol. The molecule has 1 heterocycles. The molecule has 0 aliphatic heterocycles. The van der Waals surface area contributed by atoms with E-state index in [2.05, 4.69) is 10.3 Å². The van der Waals surface area contributed by atoms with Crippen molar-refractivity contribution in [2.24, 2.45) is 0 Å². The number of nitro groups is 1. The van der Waals surface area contributed by atoms with Crippen molar-refractivity contribution >= 4 is 5.69 Å². The number of para-hydroxylation sites is 1. The fourth-order valence-corrected chi connectivity index (χ4v) is 2.34. The summed E-state index contributed by atoms with van der Waals surface area (Å²) >= 11 is 0. The van der Waals surface area contributed by atoms with Crippen molar-refractivity contribution in [3.63, 3.8) is 0 Å². The lowest BCUT2D eigenvalue weighted by molar-refractivity contribution is -0.384. The van der Waals surface area contributed by atoms with E-state index in [4.69, 9.17) is 4.74 Å². The van der Waals surface area contributed by atoms with Gasteiger partial charge in [0.2, 0.25) is 0 Å². The van der Waals surface area contributed by atoms with Gasteiger partial charge in [-0.15, -0.1) is 5.10 Å². The number of ether oxygens (including phenoxy) is 1. The highest BCUT2D eigenvalue weighted by Gasteiger charge is 2.16. The van der Waals surface area contributed by atoms with Gasteiger partial charge in [-0.3, -0.25) is 10.1 Å². The fourth-order valence-electron chi connectivity index (χ4n) is 2.34. The van der Waals surface area contributed by atoms with Crippen LogP contribution in [-0.4, -0.2) is 26.5 Å². The zero-order chi connectivity index (χ0) is 17.6. The van der Waals surface area contributed by atoms with Crippen molar-refractivity contribution in [2.45, 2.75) is 6.54 Å². The maximum Gasteiger partial charge on any atom is 0.269 e. The van der Waals surface area contributed by atoms with Gasteiger partial charge < -0.3 is 4.74 Å². The standard InChI is InChI=1S/C17H13N5O3/c18-12-16-17(13-6-8-14(9-7-13)22(23)24)21(20-19-16)10-11-25-15-4-2-1-3-5-15/h1-9H,10-11H2. The normalized spacial score (nSPS) is 10.2. The smallest absolute Gasteiger partial charge is 0.269 e. The third kappa shape index (κ3) is 3.61. The molecule has 8 heteroatoms. The second-order valence-electron chi connectivity index (χ2n) is 5.09. The molecule has 25 heavy (non-hydrogen) atoms. The van der Waals surface area contributed by atoms with Gasteiger partial charge in [0.05, 0.1) is 11.5 Å². The van der Waals surface area contributed by atoms with Crippen LogP contribution in [0, 0.1) is 21.4 Å². The minimum absolute atomic E-state index is 0.0197. The maximum atomic E-state index is 10.8. The molecule has 0 bridgehead atoms. The van der Waals surface area contributed by atoms with E-state index in [1.165, 1.54) is 12.1 Å². The number of nitrogens with zero attached hydrogens (tertiary/aromatic N) is 5. The van der Waals surface area contributed by atoms with Crippen molar-refractivity contribution in [1.29, 1.82) is 5.26 Å². The third-order valence-electron chi connectivity index (χ3n) is 3.51.